The van der Waals surface area contributed by atoms with E-state index in [0.29, 0.717) is 57.1 Å². The Morgan fingerprint density at radius 3 is 1.49 bits per heavy atom. The number of aromatic nitrogens is 2. The number of nitrogens with zero attached hydrogens (tertiary/aromatic N) is 5. The molecule has 6 aromatic rings. The molecule has 12 heteroatoms. The monoisotopic (exact) mass is 739 g/mol. The van der Waals surface area contributed by atoms with E-state index in [1.807, 2.05) is 27.0 Å². The van der Waals surface area contributed by atoms with Crippen LogP contribution >= 0.6 is 0 Å². The first-order valence-electron chi connectivity index (χ1n) is 17.7. The van der Waals surface area contributed by atoms with Gasteiger partial charge in [0.1, 0.15) is 17.3 Å². The Labute approximate surface area is 315 Å². The average molecular weight is 740 g/mol. The van der Waals surface area contributed by atoms with E-state index in [4.69, 9.17) is 0 Å². The number of rotatable bonds is 8. The first-order chi connectivity index (χ1) is 26.4. The third-order valence-electron chi connectivity index (χ3n) is 10.1. The zero-order valence-electron chi connectivity index (χ0n) is 30.4. The summed E-state index contributed by atoms with van der Waals surface area (Å²) < 4.78 is 27.1. The molecule has 10 nitrogen and oxygen atoms in total. The van der Waals surface area contributed by atoms with Crippen LogP contribution in [-0.2, 0) is 6.54 Å². The summed E-state index contributed by atoms with van der Waals surface area (Å²) in [4.78, 5) is 76.1. The summed E-state index contributed by atoms with van der Waals surface area (Å²) in [5, 5.41) is 1.39. The maximum absolute atomic E-state index is 13.7. The molecule has 55 heavy (non-hydrogen) atoms. The van der Waals surface area contributed by atoms with Gasteiger partial charge in [-0.1, -0.05) is 31.2 Å². The molecule has 8 rings (SSSR count). The second-order valence-corrected chi connectivity index (χ2v) is 13.5. The molecule has 2 atom stereocenters. The summed E-state index contributed by atoms with van der Waals surface area (Å²) in [5.74, 6) is -2.22. The van der Waals surface area contributed by atoms with Crippen LogP contribution in [0.5, 0.6) is 0 Å². The number of carbonyl (C=O) groups is 5. The maximum Gasteiger partial charge on any atom is 0.262 e. The van der Waals surface area contributed by atoms with E-state index >= 15 is 0 Å². The van der Waals surface area contributed by atoms with Gasteiger partial charge in [0.05, 0.1) is 51.1 Å². The van der Waals surface area contributed by atoms with Gasteiger partial charge in [-0.15, -0.1) is 0 Å². The number of carbonyl (C=O) groups excluding carboxylic acids is 5. The third kappa shape index (κ3) is 6.65. The topological polar surface area (TPSA) is 121 Å². The van der Waals surface area contributed by atoms with E-state index in [2.05, 4.69) is 14.9 Å². The lowest BCUT2D eigenvalue weighted by Gasteiger charge is -2.26. The molecule has 0 radical (unpaired) electrons. The standard InChI is InChI=1S/C23H22FN3O2.C20H13FN2O3/c1-4-26(3)13-21-19(11-15-9-10-16(24)12-20(15)25-21)14(2)27-22(28)17-7-5-6-8-18(17)23(27)29;1-11(23-19(25)14-4-2-3-5-15(14)20(23)26)16-8-12-6-7-13(21)9-17(12)22-18(16)10-24/h5-12,14H,4,13H2,1-3H3;2-11H,1H3/t14-;11-/m00/s1. The third-order valence-corrected chi connectivity index (χ3v) is 10.1. The van der Waals surface area contributed by atoms with Crippen molar-refractivity contribution in [2.45, 2.75) is 39.4 Å². The van der Waals surface area contributed by atoms with Gasteiger partial charge in [-0.25, -0.2) is 13.8 Å². The van der Waals surface area contributed by atoms with Crippen molar-refractivity contribution in [3.05, 3.63) is 153 Å². The summed E-state index contributed by atoms with van der Waals surface area (Å²) in [6.45, 7) is 6.88. The largest absolute Gasteiger partial charge is 0.301 e. The lowest BCUT2D eigenvalue weighted by Crippen LogP contribution is -2.33. The molecule has 0 N–H and O–H groups in total. The lowest BCUT2D eigenvalue weighted by molar-refractivity contribution is 0.0578. The zero-order chi connectivity index (χ0) is 39.1. The van der Waals surface area contributed by atoms with Gasteiger partial charge < -0.3 is 4.90 Å². The Morgan fingerprint density at radius 1 is 0.636 bits per heavy atom. The molecule has 0 saturated heterocycles. The molecule has 4 aromatic carbocycles. The molecule has 2 aliphatic heterocycles. The Kier molecular flexibility index (Phi) is 9.85. The molecule has 0 unspecified atom stereocenters. The van der Waals surface area contributed by atoms with Crippen LogP contribution in [0, 0.1) is 11.6 Å². The number of benzene rings is 4. The van der Waals surface area contributed by atoms with Gasteiger partial charge in [0.25, 0.3) is 23.6 Å². The molecule has 0 spiro atoms. The van der Waals surface area contributed by atoms with Crippen LogP contribution in [0.1, 0.15) is 102 Å². The molecule has 0 bridgehead atoms. The number of fused-ring (bicyclic) bond motifs is 4. The van der Waals surface area contributed by atoms with Crippen molar-refractivity contribution in [1.82, 2.24) is 24.7 Å². The van der Waals surface area contributed by atoms with E-state index < -0.39 is 29.7 Å². The molecule has 0 saturated carbocycles. The number of imide groups is 2. The molecule has 0 fully saturated rings. The van der Waals surface area contributed by atoms with Crippen LogP contribution in [-0.4, -0.2) is 68.2 Å². The summed E-state index contributed by atoms with van der Waals surface area (Å²) in [6, 6.07) is 24.4. The quantitative estimate of drug-likeness (QED) is 0.115. The minimum atomic E-state index is -0.690. The average Bonchev–Trinajstić information content (AvgIpc) is 3.60. The zero-order valence-corrected chi connectivity index (χ0v) is 30.4. The van der Waals surface area contributed by atoms with Gasteiger partial charge in [-0.05, 0) is 93.7 Å². The molecular formula is C43H35F2N5O5. The molecule has 4 amide bonds. The number of pyridine rings is 2. The van der Waals surface area contributed by atoms with Gasteiger partial charge >= 0.3 is 0 Å². The van der Waals surface area contributed by atoms with Crippen molar-refractivity contribution in [2.24, 2.45) is 0 Å². The van der Waals surface area contributed by atoms with Crippen LogP contribution < -0.4 is 0 Å². The van der Waals surface area contributed by atoms with E-state index in [1.54, 1.807) is 73.7 Å². The summed E-state index contributed by atoms with van der Waals surface area (Å²) in [6.07, 6.45) is 0.550. The van der Waals surface area contributed by atoms with Crippen LogP contribution in [0.4, 0.5) is 8.78 Å². The van der Waals surface area contributed by atoms with Crippen LogP contribution in [0.15, 0.2) is 97.1 Å². The number of aldehydes is 1. The van der Waals surface area contributed by atoms with Gasteiger partial charge in [0.2, 0.25) is 0 Å². The summed E-state index contributed by atoms with van der Waals surface area (Å²) in [5.41, 5.74) is 4.46. The summed E-state index contributed by atoms with van der Waals surface area (Å²) >= 11 is 0. The SMILES string of the molecule is CCN(C)Cc1nc2cc(F)ccc2cc1[C@H](C)N1C(=O)c2ccccc2C1=O.C[C@@H](c1cc2ccc(F)cc2nc1C=O)N1C(=O)c2ccccc2C1=O. The normalized spacial score (nSPS) is 14.7. The number of hydrogen-bond donors (Lipinski definition) is 0. The van der Waals surface area contributed by atoms with Gasteiger partial charge in [-0.3, -0.25) is 38.8 Å². The number of halogens is 2. The summed E-state index contributed by atoms with van der Waals surface area (Å²) in [7, 11) is 1.97. The van der Waals surface area contributed by atoms with Gasteiger partial charge in [0, 0.05) is 35.0 Å². The van der Waals surface area contributed by atoms with E-state index in [1.165, 1.54) is 29.2 Å². The lowest BCUT2D eigenvalue weighted by atomic mass is 10.0. The highest BCUT2D eigenvalue weighted by molar-refractivity contribution is 6.22. The molecule has 2 aromatic heterocycles. The van der Waals surface area contributed by atoms with Gasteiger partial charge in [-0.2, -0.15) is 0 Å². The van der Waals surface area contributed by atoms with Crippen LogP contribution in [0.3, 0.4) is 0 Å². The molecular weight excluding hydrogens is 704 g/mol. The molecule has 0 aliphatic carbocycles. The van der Waals surface area contributed by atoms with Crippen molar-refractivity contribution < 1.29 is 32.8 Å². The van der Waals surface area contributed by atoms with Crippen LogP contribution in [0.25, 0.3) is 21.8 Å². The smallest absolute Gasteiger partial charge is 0.262 e. The highest BCUT2D eigenvalue weighted by Crippen LogP contribution is 2.35. The molecule has 4 heterocycles. The second kappa shape index (κ2) is 14.7. The Balaban J connectivity index is 0.000000170. The first kappa shape index (κ1) is 36.8. The van der Waals surface area contributed by atoms with E-state index in [-0.39, 0.29) is 23.3 Å². The second-order valence-electron chi connectivity index (χ2n) is 13.5. The number of amides is 4. The predicted octanol–water partition coefficient (Wildman–Crippen LogP) is 7.73. The fraction of sp³-hybridized carbons (Fsp3) is 0.186. The molecule has 276 valence electrons. The van der Waals surface area contributed by atoms with E-state index in [0.717, 1.165) is 28.1 Å². The minimum Gasteiger partial charge on any atom is -0.301 e. The van der Waals surface area contributed by atoms with E-state index in [9.17, 15) is 32.8 Å². The fourth-order valence-electron chi connectivity index (χ4n) is 7.05. The Hall–Kier alpha value is -6.53. The first-order valence-corrected chi connectivity index (χ1v) is 17.7. The molecule has 2 aliphatic rings. The maximum atomic E-state index is 13.7. The Bertz CT molecular complexity index is 2510. The fourth-order valence-corrected chi connectivity index (χ4v) is 7.05. The minimum absolute atomic E-state index is 0.0761. The number of hydrogen-bond acceptors (Lipinski definition) is 8. The Morgan fingerprint density at radius 2 is 1.05 bits per heavy atom. The highest BCUT2D eigenvalue weighted by Gasteiger charge is 2.40. The predicted molar refractivity (Wildman–Crippen MR) is 202 cm³/mol. The van der Waals surface area contributed by atoms with Crippen LogP contribution in [0.2, 0.25) is 0 Å². The van der Waals surface area contributed by atoms with Crippen molar-refractivity contribution in [1.29, 1.82) is 0 Å². The van der Waals surface area contributed by atoms with Crippen molar-refractivity contribution in [3.8, 4) is 0 Å². The highest BCUT2D eigenvalue weighted by atomic mass is 19.1. The van der Waals surface area contributed by atoms with Gasteiger partial charge in [0.15, 0.2) is 6.29 Å². The van der Waals surface area contributed by atoms with Crippen molar-refractivity contribution in [3.63, 3.8) is 0 Å². The van der Waals surface area contributed by atoms with Crippen molar-refractivity contribution >= 4 is 51.7 Å². The van der Waals surface area contributed by atoms with Crippen molar-refractivity contribution in [2.75, 3.05) is 13.6 Å².